The average molecular weight is 229 g/mol. The molecule has 17 heavy (non-hydrogen) atoms. The van der Waals surface area contributed by atoms with E-state index < -0.39 is 6.04 Å². The van der Waals surface area contributed by atoms with Crippen molar-refractivity contribution in [1.82, 2.24) is 5.32 Å². The van der Waals surface area contributed by atoms with E-state index in [0.29, 0.717) is 6.42 Å². The summed E-state index contributed by atoms with van der Waals surface area (Å²) in [6, 6.07) is 7.66. The van der Waals surface area contributed by atoms with Crippen LogP contribution in [-0.4, -0.2) is 19.0 Å². The molecular formula is C13H15N3O. The third kappa shape index (κ3) is 2.02. The highest BCUT2D eigenvalue weighted by molar-refractivity contribution is 6.02. The lowest BCUT2D eigenvalue weighted by Crippen LogP contribution is -2.34. The van der Waals surface area contributed by atoms with Gasteiger partial charge in [0, 0.05) is 12.2 Å². The Morgan fingerprint density at radius 1 is 1.59 bits per heavy atom. The first-order chi connectivity index (χ1) is 8.17. The van der Waals surface area contributed by atoms with Gasteiger partial charge in [0.1, 0.15) is 6.04 Å². The number of hydrogen-bond acceptors (Lipinski definition) is 3. The molecule has 88 valence electrons. The lowest BCUT2D eigenvalue weighted by Gasteiger charge is -2.19. The van der Waals surface area contributed by atoms with Crippen LogP contribution in [-0.2, 0) is 17.8 Å². The largest absolute Gasteiger partial charge is 0.316 e. The molecular weight excluding hydrogens is 214 g/mol. The summed E-state index contributed by atoms with van der Waals surface area (Å²) in [5, 5.41) is 12.0. The number of rotatable bonds is 3. The number of nitrogens with zero attached hydrogens (tertiary/aromatic N) is 2. The standard InChI is InChI=1S/C13H15N3O/c1-9(7-14)16-12-4-3-10(8-15-2)5-11(12)6-13(16)17/h3-5,9,15H,6,8H2,1-2H3. The molecule has 0 bridgehead atoms. The third-order valence-corrected chi connectivity index (χ3v) is 2.97. The van der Waals surface area contributed by atoms with E-state index in [-0.39, 0.29) is 5.91 Å². The van der Waals surface area contributed by atoms with E-state index >= 15 is 0 Å². The first kappa shape index (κ1) is 11.6. The molecule has 0 fully saturated rings. The Labute approximate surface area is 101 Å². The van der Waals surface area contributed by atoms with Crippen LogP contribution in [0.5, 0.6) is 0 Å². The van der Waals surface area contributed by atoms with Gasteiger partial charge in [0.2, 0.25) is 5.91 Å². The van der Waals surface area contributed by atoms with Gasteiger partial charge in [0.15, 0.2) is 0 Å². The minimum absolute atomic E-state index is 0.00987. The second-order valence-corrected chi connectivity index (χ2v) is 4.24. The summed E-state index contributed by atoms with van der Waals surface area (Å²) in [7, 11) is 1.89. The summed E-state index contributed by atoms with van der Waals surface area (Å²) in [6.07, 6.45) is 0.402. The Kier molecular flexibility index (Phi) is 3.12. The minimum Gasteiger partial charge on any atom is -0.316 e. The minimum atomic E-state index is -0.404. The highest BCUT2D eigenvalue weighted by Gasteiger charge is 2.30. The van der Waals surface area contributed by atoms with Crippen molar-refractivity contribution in [3.05, 3.63) is 29.3 Å². The van der Waals surface area contributed by atoms with Crippen molar-refractivity contribution in [3.8, 4) is 6.07 Å². The van der Waals surface area contributed by atoms with Gasteiger partial charge in [-0.3, -0.25) is 9.69 Å². The predicted octanol–water partition coefficient (Wildman–Crippen LogP) is 1.21. The van der Waals surface area contributed by atoms with Crippen LogP contribution in [0.4, 0.5) is 5.69 Å². The Morgan fingerprint density at radius 3 is 3.00 bits per heavy atom. The molecule has 0 aliphatic carbocycles. The summed E-state index contributed by atoms with van der Waals surface area (Å²) in [4.78, 5) is 13.4. The van der Waals surface area contributed by atoms with Gasteiger partial charge in [-0.05, 0) is 31.2 Å². The van der Waals surface area contributed by atoms with Crippen LogP contribution < -0.4 is 10.2 Å². The zero-order valence-electron chi connectivity index (χ0n) is 10.0. The van der Waals surface area contributed by atoms with Crippen molar-refractivity contribution >= 4 is 11.6 Å². The zero-order chi connectivity index (χ0) is 12.4. The second kappa shape index (κ2) is 4.56. The summed E-state index contributed by atoms with van der Waals surface area (Å²) < 4.78 is 0. The quantitative estimate of drug-likeness (QED) is 0.847. The number of carbonyl (C=O) groups is 1. The fourth-order valence-electron chi connectivity index (χ4n) is 2.19. The predicted molar refractivity (Wildman–Crippen MR) is 65.5 cm³/mol. The van der Waals surface area contributed by atoms with Crippen molar-refractivity contribution in [2.24, 2.45) is 0 Å². The first-order valence-corrected chi connectivity index (χ1v) is 5.65. The number of amides is 1. The number of nitriles is 1. The maximum absolute atomic E-state index is 11.9. The number of fused-ring (bicyclic) bond motifs is 1. The smallest absolute Gasteiger partial charge is 0.232 e. The van der Waals surface area contributed by atoms with E-state index in [2.05, 4.69) is 11.4 Å². The summed E-state index contributed by atoms with van der Waals surface area (Å²) in [5.74, 6) is 0.00987. The van der Waals surface area contributed by atoms with Gasteiger partial charge in [-0.15, -0.1) is 0 Å². The highest BCUT2D eigenvalue weighted by Crippen LogP contribution is 2.31. The molecule has 0 saturated heterocycles. The molecule has 1 aromatic rings. The van der Waals surface area contributed by atoms with Gasteiger partial charge < -0.3 is 5.32 Å². The molecule has 1 unspecified atom stereocenters. The molecule has 1 N–H and O–H groups in total. The van der Waals surface area contributed by atoms with Crippen LogP contribution in [0, 0.1) is 11.3 Å². The van der Waals surface area contributed by atoms with Gasteiger partial charge in [-0.25, -0.2) is 0 Å². The Bertz CT molecular complexity index is 490. The van der Waals surface area contributed by atoms with E-state index in [1.165, 1.54) is 0 Å². The molecule has 0 saturated carbocycles. The van der Waals surface area contributed by atoms with Gasteiger partial charge >= 0.3 is 0 Å². The molecule has 4 nitrogen and oxygen atoms in total. The molecule has 1 atom stereocenters. The van der Waals surface area contributed by atoms with Gasteiger partial charge in [0.05, 0.1) is 12.5 Å². The van der Waals surface area contributed by atoms with Gasteiger partial charge in [-0.1, -0.05) is 12.1 Å². The first-order valence-electron chi connectivity index (χ1n) is 5.65. The fourth-order valence-corrected chi connectivity index (χ4v) is 2.19. The fraction of sp³-hybridized carbons (Fsp3) is 0.385. The molecule has 0 radical (unpaired) electrons. The van der Waals surface area contributed by atoms with Crippen molar-refractivity contribution in [2.45, 2.75) is 25.9 Å². The topological polar surface area (TPSA) is 56.1 Å². The lowest BCUT2D eigenvalue weighted by atomic mass is 10.1. The van der Waals surface area contributed by atoms with Crippen LogP contribution in [0.1, 0.15) is 18.1 Å². The Morgan fingerprint density at radius 2 is 2.35 bits per heavy atom. The lowest BCUT2D eigenvalue weighted by molar-refractivity contribution is -0.117. The van der Waals surface area contributed by atoms with E-state index in [9.17, 15) is 4.79 Å². The van der Waals surface area contributed by atoms with E-state index in [4.69, 9.17) is 5.26 Å². The Hall–Kier alpha value is -1.86. The zero-order valence-corrected chi connectivity index (χ0v) is 10.0. The Balaban J connectivity index is 2.36. The van der Waals surface area contributed by atoms with Crippen LogP contribution >= 0.6 is 0 Å². The van der Waals surface area contributed by atoms with Crippen molar-refractivity contribution in [1.29, 1.82) is 5.26 Å². The maximum atomic E-state index is 11.9. The molecule has 1 aromatic carbocycles. The molecule has 0 spiro atoms. The number of carbonyl (C=O) groups excluding carboxylic acids is 1. The SMILES string of the molecule is CNCc1ccc2c(c1)CC(=O)N2C(C)C#N. The van der Waals surface area contributed by atoms with Gasteiger partial charge in [0.25, 0.3) is 0 Å². The van der Waals surface area contributed by atoms with Crippen LogP contribution in [0.2, 0.25) is 0 Å². The molecule has 1 aliphatic heterocycles. The van der Waals surface area contributed by atoms with Crippen molar-refractivity contribution in [3.63, 3.8) is 0 Å². The molecule has 0 aromatic heterocycles. The number of benzene rings is 1. The average Bonchev–Trinajstić information content (AvgIpc) is 2.64. The van der Waals surface area contributed by atoms with Crippen molar-refractivity contribution in [2.75, 3.05) is 11.9 Å². The third-order valence-electron chi connectivity index (χ3n) is 2.97. The van der Waals surface area contributed by atoms with Crippen LogP contribution in [0.25, 0.3) is 0 Å². The van der Waals surface area contributed by atoms with Crippen LogP contribution in [0.3, 0.4) is 0 Å². The second-order valence-electron chi connectivity index (χ2n) is 4.24. The van der Waals surface area contributed by atoms with Crippen LogP contribution in [0.15, 0.2) is 18.2 Å². The molecule has 4 heteroatoms. The molecule has 1 amide bonds. The summed E-state index contributed by atoms with van der Waals surface area (Å²) in [5.41, 5.74) is 3.05. The van der Waals surface area contributed by atoms with E-state index in [1.807, 2.05) is 25.2 Å². The number of hydrogen-bond donors (Lipinski definition) is 1. The van der Waals surface area contributed by atoms with Crippen molar-refractivity contribution < 1.29 is 4.79 Å². The summed E-state index contributed by atoms with van der Waals surface area (Å²) >= 11 is 0. The van der Waals surface area contributed by atoms with E-state index in [1.54, 1.807) is 11.8 Å². The normalized spacial score (nSPS) is 15.6. The molecule has 1 aliphatic rings. The molecule has 2 rings (SSSR count). The molecule has 1 heterocycles. The van der Waals surface area contributed by atoms with E-state index in [0.717, 1.165) is 23.4 Å². The highest BCUT2D eigenvalue weighted by atomic mass is 16.2. The maximum Gasteiger partial charge on any atom is 0.232 e. The monoisotopic (exact) mass is 229 g/mol. The number of anilines is 1. The summed E-state index contributed by atoms with van der Waals surface area (Å²) in [6.45, 7) is 2.53. The van der Waals surface area contributed by atoms with Gasteiger partial charge in [-0.2, -0.15) is 5.26 Å². The number of nitrogens with one attached hydrogen (secondary N) is 1.